The van der Waals surface area contributed by atoms with Crippen molar-refractivity contribution in [2.75, 3.05) is 17.2 Å². The maximum absolute atomic E-state index is 12.6. The quantitative estimate of drug-likeness (QED) is 0.249. The molecule has 0 spiro atoms. The van der Waals surface area contributed by atoms with Gasteiger partial charge in [0.25, 0.3) is 11.5 Å². The fourth-order valence-electron chi connectivity index (χ4n) is 2.52. The Morgan fingerprint density at radius 3 is 2.71 bits per heavy atom. The lowest BCUT2D eigenvalue weighted by Crippen LogP contribution is -2.25. The van der Waals surface area contributed by atoms with E-state index >= 15 is 0 Å². The number of aliphatic hydroxyl groups is 1. The van der Waals surface area contributed by atoms with Crippen LogP contribution in [0.4, 0.5) is 16.1 Å². The molecule has 0 saturated carbocycles. The Morgan fingerprint density at radius 2 is 2.06 bits per heavy atom. The first-order chi connectivity index (χ1) is 14.8. The standard InChI is InChI=1S/C18H22N8O3S2/c1-4-10(7-27)23-13(19)11-14(28)26-31-16(11)25-18-22-9(3)12(30-18)15(29)24-17-20-5-8(2)6-21-17/h5-6,10,27H,4,7H2,1-3H3,(H2,19,23)(H,22,25)(H,26,28)(H,20,21,24,29). The molecule has 0 aliphatic heterocycles. The van der Waals surface area contributed by atoms with Crippen molar-refractivity contribution in [2.24, 2.45) is 10.7 Å². The van der Waals surface area contributed by atoms with Gasteiger partial charge in [-0.1, -0.05) is 18.3 Å². The summed E-state index contributed by atoms with van der Waals surface area (Å²) in [4.78, 5) is 41.9. The van der Waals surface area contributed by atoms with Crippen LogP contribution in [-0.2, 0) is 0 Å². The van der Waals surface area contributed by atoms with Crippen LogP contribution in [0, 0.1) is 13.8 Å². The molecule has 6 N–H and O–H groups in total. The van der Waals surface area contributed by atoms with Crippen LogP contribution in [0.5, 0.6) is 0 Å². The Balaban J connectivity index is 1.81. The van der Waals surface area contributed by atoms with Gasteiger partial charge in [0.1, 0.15) is 21.3 Å². The highest BCUT2D eigenvalue weighted by Gasteiger charge is 2.20. The summed E-state index contributed by atoms with van der Waals surface area (Å²) in [5, 5.41) is 15.8. The van der Waals surface area contributed by atoms with Gasteiger partial charge in [0.2, 0.25) is 5.95 Å². The minimum absolute atomic E-state index is 0.0219. The lowest BCUT2D eigenvalue weighted by Gasteiger charge is -2.08. The van der Waals surface area contributed by atoms with E-state index in [2.05, 4.69) is 35.0 Å². The van der Waals surface area contributed by atoms with E-state index in [1.807, 2.05) is 13.8 Å². The molecule has 13 heteroatoms. The van der Waals surface area contributed by atoms with E-state index in [4.69, 9.17) is 5.73 Å². The number of aliphatic hydroxyl groups excluding tert-OH is 1. The number of rotatable bonds is 8. The highest BCUT2D eigenvalue weighted by molar-refractivity contribution is 7.18. The first kappa shape index (κ1) is 22.5. The van der Waals surface area contributed by atoms with E-state index in [0.29, 0.717) is 27.1 Å². The summed E-state index contributed by atoms with van der Waals surface area (Å²) in [5.41, 5.74) is 7.18. The molecule has 3 heterocycles. The third-order valence-electron chi connectivity index (χ3n) is 4.19. The molecule has 3 aromatic heterocycles. The number of hydrogen-bond donors (Lipinski definition) is 5. The Morgan fingerprint density at radius 1 is 1.35 bits per heavy atom. The minimum atomic E-state index is -0.399. The van der Waals surface area contributed by atoms with Crippen LogP contribution in [0.25, 0.3) is 0 Å². The summed E-state index contributed by atoms with van der Waals surface area (Å²) in [6.07, 6.45) is 3.80. The number of amidine groups is 1. The minimum Gasteiger partial charge on any atom is -0.394 e. The Labute approximate surface area is 185 Å². The zero-order valence-electron chi connectivity index (χ0n) is 17.1. The van der Waals surface area contributed by atoms with Crippen LogP contribution >= 0.6 is 22.9 Å². The largest absolute Gasteiger partial charge is 0.394 e. The van der Waals surface area contributed by atoms with Crippen molar-refractivity contribution in [3.05, 3.63) is 44.4 Å². The van der Waals surface area contributed by atoms with Crippen molar-refractivity contribution in [1.82, 2.24) is 19.3 Å². The number of aliphatic imine (C=N–C) groups is 1. The molecule has 0 bridgehead atoms. The molecule has 3 aromatic rings. The summed E-state index contributed by atoms with van der Waals surface area (Å²) in [5.74, 6) is -0.166. The number of nitrogens with one attached hydrogen (secondary N) is 3. The van der Waals surface area contributed by atoms with Crippen molar-refractivity contribution >= 4 is 50.7 Å². The van der Waals surface area contributed by atoms with Crippen LogP contribution in [0.3, 0.4) is 0 Å². The van der Waals surface area contributed by atoms with Gasteiger partial charge in [-0.25, -0.2) is 15.0 Å². The van der Waals surface area contributed by atoms with Gasteiger partial charge < -0.3 is 16.2 Å². The molecule has 11 nitrogen and oxygen atoms in total. The molecular formula is C18H22N8O3S2. The van der Waals surface area contributed by atoms with Crippen molar-refractivity contribution in [2.45, 2.75) is 33.2 Å². The number of aromatic nitrogens is 4. The summed E-state index contributed by atoms with van der Waals surface area (Å²) in [7, 11) is 0. The number of H-pyrrole nitrogens is 1. The average Bonchev–Trinajstić information content (AvgIpc) is 3.29. The zero-order chi connectivity index (χ0) is 22.5. The molecule has 0 radical (unpaired) electrons. The van der Waals surface area contributed by atoms with Crippen LogP contribution in [0.1, 0.15) is 39.8 Å². The van der Waals surface area contributed by atoms with Gasteiger partial charge in [-0.15, -0.1) is 0 Å². The third kappa shape index (κ3) is 5.31. The van der Waals surface area contributed by atoms with Gasteiger partial charge in [0, 0.05) is 12.4 Å². The number of aromatic amines is 1. The van der Waals surface area contributed by atoms with E-state index in [1.165, 1.54) is 0 Å². The Hall–Kier alpha value is -3.16. The predicted molar refractivity (Wildman–Crippen MR) is 122 cm³/mol. The van der Waals surface area contributed by atoms with E-state index < -0.39 is 11.6 Å². The van der Waals surface area contributed by atoms with E-state index in [-0.39, 0.29) is 29.9 Å². The van der Waals surface area contributed by atoms with Gasteiger partial charge >= 0.3 is 0 Å². The van der Waals surface area contributed by atoms with Gasteiger partial charge in [-0.05, 0) is 37.4 Å². The van der Waals surface area contributed by atoms with E-state index in [0.717, 1.165) is 28.4 Å². The maximum atomic E-state index is 12.6. The number of anilines is 3. The number of nitrogens with zero attached hydrogens (tertiary/aromatic N) is 4. The van der Waals surface area contributed by atoms with Crippen LogP contribution in [0.2, 0.25) is 0 Å². The third-order valence-corrected chi connectivity index (χ3v) is 6.06. The summed E-state index contributed by atoms with van der Waals surface area (Å²) in [6.45, 7) is 5.25. The maximum Gasteiger partial charge on any atom is 0.271 e. The van der Waals surface area contributed by atoms with Crippen LogP contribution in [0.15, 0.2) is 22.2 Å². The van der Waals surface area contributed by atoms with E-state index in [9.17, 15) is 14.7 Å². The molecule has 164 valence electrons. The molecule has 0 aliphatic rings. The molecule has 1 atom stereocenters. The Bertz CT molecular complexity index is 1150. The average molecular weight is 463 g/mol. The number of nitrogens with two attached hydrogens (primary N) is 1. The Kier molecular flexibility index (Phi) is 7.09. The van der Waals surface area contributed by atoms with Crippen molar-refractivity contribution < 1.29 is 9.90 Å². The van der Waals surface area contributed by atoms with Gasteiger partial charge in [0.05, 0.1) is 18.3 Å². The molecule has 3 rings (SSSR count). The highest BCUT2D eigenvalue weighted by atomic mass is 32.1. The lowest BCUT2D eigenvalue weighted by atomic mass is 10.2. The van der Waals surface area contributed by atoms with Crippen LogP contribution in [-0.4, -0.2) is 48.8 Å². The number of amides is 1. The van der Waals surface area contributed by atoms with Crippen molar-refractivity contribution in [3.63, 3.8) is 0 Å². The molecule has 0 aromatic carbocycles. The second-order valence-electron chi connectivity index (χ2n) is 6.59. The van der Waals surface area contributed by atoms with Gasteiger partial charge in [0.15, 0.2) is 5.13 Å². The smallest absolute Gasteiger partial charge is 0.271 e. The fraction of sp³-hybridized carbons (Fsp3) is 0.333. The number of thiazole rings is 1. The molecule has 0 aliphatic carbocycles. The monoisotopic (exact) mass is 462 g/mol. The first-order valence-electron chi connectivity index (χ1n) is 9.32. The molecule has 31 heavy (non-hydrogen) atoms. The van der Waals surface area contributed by atoms with E-state index in [1.54, 1.807) is 19.3 Å². The number of carbonyl (C=O) groups is 1. The molecule has 1 unspecified atom stereocenters. The van der Waals surface area contributed by atoms with Crippen molar-refractivity contribution in [3.8, 4) is 0 Å². The summed E-state index contributed by atoms with van der Waals surface area (Å²) in [6, 6.07) is -0.395. The number of carbonyl (C=O) groups excluding carboxylic acids is 1. The fourth-order valence-corrected chi connectivity index (χ4v) is 4.19. The number of hydrogen-bond acceptors (Lipinski definition) is 10. The normalized spacial score (nSPS) is 12.6. The SMILES string of the molecule is CCC(CO)N=C(N)c1c(Nc2nc(C)c(C(=O)Nc3ncc(C)cn3)s2)s[nH]c1=O. The molecule has 0 fully saturated rings. The highest BCUT2D eigenvalue weighted by Crippen LogP contribution is 2.29. The van der Waals surface area contributed by atoms with Gasteiger partial charge in [-0.2, -0.15) is 0 Å². The second-order valence-corrected chi connectivity index (χ2v) is 8.41. The zero-order valence-corrected chi connectivity index (χ0v) is 18.7. The molecular weight excluding hydrogens is 440 g/mol. The van der Waals surface area contributed by atoms with Crippen molar-refractivity contribution in [1.29, 1.82) is 0 Å². The molecule has 0 saturated heterocycles. The predicted octanol–water partition coefficient (Wildman–Crippen LogP) is 1.77. The summed E-state index contributed by atoms with van der Waals surface area (Å²) < 4.78 is 2.61. The lowest BCUT2D eigenvalue weighted by molar-refractivity contribution is 0.102. The summed E-state index contributed by atoms with van der Waals surface area (Å²) >= 11 is 2.16. The topological polar surface area (TPSA) is 171 Å². The second kappa shape index (κ2) is 9.76. The first-order valence-corrected chi connectivity index (χ1v) is 11.0. The van der Waals surface area contributed by atoms with Crippen LogP contribution < -0.4 is 21.9 Å². The number of aryl methyl sites for hydroxylation is 2. The van der Waals surface area contributed by atoms with Gasteiger partial charge in [-0.3, -0.25) is 24.3 Å². The molecule has 1 amide bonds.